The summed E-state index contributed by atoms with van der Waals surface area (Å²) in [5.74, 6) is 0.965. The molecule has 0 aromatic carbocycles. The molecule has 1 saturated carbocycles. The summed E-state index contributed by atoms with van der Waals surface area (Å²) in [6.07, 6.45) is 7.68. The van der Waals surface area contributed by atoms with Crippen LogP contribution in [-0.2, 0) is 7.05 Å². The van der Waals surface area contributed by atoms with Crippen molar-refractivity contribution in [2.24, 2.45) is 13.0 Å². The molecule has 1 fully saturated rings. The quantitative estimate of drug-likeness (QED) is 0.770. The van der Waals surface area contributed by atoms with Crippen LogP contribution in [0.3, 0.4) is 0 Å². The molecule has 0 bridgehead atoms. The van der Waals surface area contributed by atoms with Crippen LogP contribution < -0.4 is 0 Å². The Hall–Kier alpha value is -1.16. The first-order chi connectivity index (χ1) is 8.45. The molecule has 0 unspecified atom stereocenters. The van der Waals surface area contributed by atoms with E-state index in [4.69, 9.17) is 0 Å². The van der Waals surface area contributed by atoms with Gasteiger partial charge in [-0.1, -0.05) is 6.92 Å². The Morgan fingerprint density at radius 2 is 2.06 bits per heavy atom. The largest absolute Gasteiger partial charge is 0.297 e. The average molecular weight is 249 g/mol. The molecule has 4 heteroatoms. The number of Topliss-reactive ketones (excluding diaryl/α,β-unsaturated/α-hetero) is 1. The van der Waals surface area contributed by atoms with Gasteiger partial charge in [0, 0.05) is 13.2 Å². The predicted octanol–water partition coefficient (Wildman–Crippen LogP) is 2.11. The molecule has 1 heterocycles. The molecule has 0 aliphatic heterocycles. The lowest BCUT2D eigenvalue weighted by Gasteiger charge is -2.43. The molecule has 18 heavy (non-hydrogen) atoms. The third-order valence-electron chi connectivity index (χ3n) is 4.35. The summed E-state index contributed by atoms with van der Waals surface area (Å²) in [7, 11) is 5.89. The topological polar surface area (TPSA) is 38.1 Å². The Kier molecular flexibility index (Phi) is 3.57. The standard InChI is InChI=1S/C14H23N3O/c1-11-5-7-14(8-6-11,16(2)3)13(18)12-9-15-17(4)10-12/h9-11H,5-8H2,1-4H3. The van der Waals surface area contributed by atoms with E-state index in [1.165, 1.54) is 0 Å². The van der Waals surface area contributed by atoms with Gasteiger partial charge in [-0.3, -0.25) is 14.4 Å². The lowest BCUT2D eigenvalue weighted by Crippen LogP contribution is -2.53. The number of aryl methyl sites for hydroxylation is 1. The van der Waals surface area contributed by atoms with E-state index in [9.17, 15) is 4.79 Å². The minimum Gasteiger partial charge on any atom is -0.297 e. The van der Waals surface area contributed by atoms with E-state index >= 15 is 0 Å². The number of carbonyl (C=O) groups is 1. The van der Waals surface area contributed by atoms with Gasteiger partial charge < -0.3 is 0 Å². The van der Waals surface area contributed by atoms with Crippen LogP contribution in [0.15, 0.2) is 12.4 Å². The zero-order chi connectivity index (χ0) is 13.3. The number of rotatable bonds is 3. The Morgan fingerprint density at radius 1 is 1.44 bits per heavy atom. The molecule has 0 radical (unpaired) electrons. The summed E-state index contributed by atoms with van der Waals surface area (Å²) in [5, 5.41) is 4.12. The van der Waals surface area contributed by atoms with E-state index in [-0.39, 0.29) is 11.3 Å². The van der Waals surface area contributed by atoms with E-state index in [0.29, 0.717) is 0 Å². The van der Waals surface area contributed by atoms with Crippen molar-refractivity contribution in [3.05, 3.63) is 18.0 Å². The van der Waals surface area contributed by atoms with Crippen molar-refractivity contribution in [1.82, 2.24) is 14.7 Å². The van der Waals surface area contributed by atoms with E-state index in [1.54, 1.807) is 10.9 Å². The molecule has 0 N–H and O–H groups in total. The Labute approximate surface area is 109 Å². The summed E-state index contributed by atoms with van der Waals surface area (Å²) in [5.41, 5.74) is 0.413. The van der Waals surface area contributed by atoms with E-state index in [2.05, 4.69) is 16.9 Å². The average Bonchev–Trinajstić information content (AvgIpc) is 2.76. The second-order valence-corrected chi connectivity index (χ2v) is 5.84. The third-order valence-corrected chi connectivity index (χ3v) is 4.35. The summed E-state index contributed by atoms with van der Waals surface area (Å²) in [6.45, 7) is 2.27. The fourth-order valence-corrected chi connectivity index (χ4v) is 2.92. The lowest BCUT2D eigenvalue weighted by atomic mass is 9.73. The first-order valence-electron chi connectivity index (χ1n) is 6.66. The maximum Gasteiger partial charge on any atom is 0.186 e. The lowest BCUT2D eigenvalue weighted by molar-refractivity contribution is 0.0513. The molecule has 1 aromatic rings. The number of likely N-dealkylation sites (N-methyl/N-ethyl adjacent to an activating group) is 1. The number of hydrogen-bond acceptors (Lipinski definition) is 3. The molecule has 4 nitrogen and oxygen atoms in total. The first-order valence-corrected chi connectivity index (χ1v) is 6.66. The molecule has 100 valence electrons. The monoisotopic (exact) mass is 249 g/mol. The maximum absolute atomic E-state index is 12.8. The number of carbonyl (C=O) groups excluding carboxylic acids is 1. The molecule has 0 spiro atoms. The fourth-order valence-electron chi connectivity index (χ4n) is 2.92. The van der Waals surface area contributed by atoms with Crippen molar-refractivity contribution in [2.45, 2.75) is 38.1 Å². The van der Waals surface area contributed by atoms with Crippen molar-refractivity contribution in [2.75, 3.05) is 14.1 Å². The van der Waals surface area contributed by atoms with Gasteiger partial charge in [-0.2, -0.15) is 5.10 Å². The summed E-state index contributed by atoms with van der Waals surface area (Å²) in [4.78, 5) is 14.9. The van der Waals surface area contributed by atoms with E-state index < -0.39 is 0 Å². The van der Waals surface area contributed by atoms with Crippen LogP contribution >= 0.6 is 0 Å². The zero-order valence-electron chi connectivity index (χ0n) is 11.8. The van der Waals surface area contributed by atoms with Crippen molar-refractivity contribution in [3.63, 3.8) is 0 Å². The molecule has 1 aliphatic carbocycles. The minimum absolute atomic E-state index is 0.229. The number of ketones is 1. The highest BCUT2D eigenvalue weighted by atomic mass is 16.1. The molecule has 1 aliphatic rings. The molecule has 2 rings (SSSR count). The van der Waals surface area contributed by atoms with Crippen molar-refractivity contribution in [3.8, 4) is 0 Å². The van der Waals surface area contributed by atoms with Gasteiger partial charge in [0.1, 0.15) is 0 Å². The summed E-state index contributed by atoms with van der Waals surface area (Å²) < 4.78 is 1.70. The van der Waals surface area contributed by atoms with E-state index in [1.807, 2.05) is 27.3 Å². The smallest absolute Gasteiger partial charge is 0.186 e. The molecule has 0 saturated heterocycles. The van der Waals surface area contributed by atoms with Crippen LogP contribution in [0, 0.1) is 5.92 Å². The molecule has 1 aromatic heterocycles. The second kappa shape index (κ2) is 4.84. The highest BCUT2D eigenvalue weighted by molar-refractivity contribution is 6.03. The number of nitrogens with zero attached hydrogens (tertiary/aromatic N) is 3. The molecular formula is C14H23N3O. The Balaban J connectivity index is 2.28. The van der Waals surface area contributed by atoms with Gasteiger partial charge in [0.05, 0.1) is 17.3 Å². The third kappa shape index (κ3) is 2.21. The normalized spacial score (nSPS) is 28.6. The second-order valence-electron chi connectivity index (χ2n) is 5.84. The van der Waals surface area contributed by atoms with Crippen molar-refractivity contribution in [1.29, 1.82) is 0 Å². The molecule has 0 amide bonds. The zero-order valence-corrected chi connectivity index (χ0v) is 11.8. The van der Waals surface area contributed by atoms with Gasteiger partial charge in [0.2, 0.25) is 0 Å². The number of aromatic nitrogens is 2. The van der Waals surface area contributed by atoms with Gasteiger partial charge in [-0.05, 0) is 45.7 Å². The summed E-state index contributed by atoms with van der Waals surface area (Å²) >= 11 is 0. The van der Waals surface area contributed by atoms with Gasteiger partial charge in [0.25, 0.3) is 0 Å². The van der Waals surface area contributed by atoms with Crippen LogP contribution in [-0.4, -0.2) is 40.1 Å². The highest BCUT2D eigenvalue weighted by Gasteiger charge is 2.43. The molecular weight excluding hydrogens is 226 g/mol. The summed E-state index contributed by atoms with van der Waals surface area (Å²) in [6, 6.07) is 0. The van der Waals surface area contributed by atoms with Gasteiger partial charge >= 0.3 is 0 Å². The van der Waals surface area contributed by atoms with Gasteiger partial charge in [0.15, 0.2) is 5.78 Å². The Bertz CT molecular complexity index is 428. The fraction of sp³-hybridized carbons (Fsp3) is 0.714. The predicted molar refractivity (Wildman–Crippen MR) is 71.6 cm³/mol. The van der Waals surface area contributed by atoms with Crippen LogP contribution in [0.2, 0.25) is 0 Å². The SMILES string of the molecule is CC1CCC(C(=O)c2cnn(C)c2)(N(C)C)CC1. The van der Waals surface area contributed by atoms with Gasteiger partial charge in [-0.25, -0.2) is 0 Å². The van der Waals surface area contributed by atoms with Crippen LogP contribution in [0.1, 0.15) is 43.0 Å². The first kappa shape index (κ1) is 13.3. The molecule has 0 atom stereocenters. The van der Waals surface area contributed by atoms with Crippen molar-refractivity contribution >= 4 is 5.78 Å². The van der Waals surface area contributed by atoms with Crippen LogP contribution in [0.5, 0.6) is 0 Å². The Morgan fingerprint density at radius 3 is 2.50 bits per heavy atom. The highest BCUT2D eigenvalue weighted by Crippen LogP contribution is 2.37. The van der Waals surface area contributed by atoms with Crippen LogP contribution in [0.25, 0.3) is 0 Å². The van der Waals surface area contributed by atoms with Crippen molar-refractivity contribution < 1.29 is 4.79 Å². The maximum atomic E-state index is 12.8. The number of hydrogen-bond donors (Lipinski definition) is 0. The van der Waals surface area contributed by atoms with Gasteiger partial charge in [-0.15, -0.1) is 0 Å². The minimum atomic E-state index is -0.324. The van der Waals surface area contributed by atoms with Crippen LogP contribution in [0.4, 0.5) is 0 Å². The van der Waals surface area contributed by atoms with E-state index in [0.717, 1.165) is 37.2 Å².